The molecule has 7 N–H and O–H groups in total. The van der Waals surface area contributed by atoms with Crippen molar-refractivity contribution in [3.8, 4) is 0 Å². The Morgan fingerprint density at radius 3 is 2.27 bits per heavy atom. The maximum atomic E-state index is 12.7. The van der Waals surface area contributed by atoms with Gasteiger partial charge in [-0.2, -0.15) is 0 Å². The maximum Gasteiger partial charge on any atom is 0.451 e. The third kappa shape index (κ3) is 5.14. The first-order valence-corrected chi connectivity index (χ1v) is 10.7. The molecule has 2 bridgehead atoms. The largest absolute Gasteiger partial charge is 0.451 e. The lowest BCUT2D eigenvalue weighted by Gasteiger charge is -2.53. The molecule has 1 amide bonds. The van der Waals surface area contributed by atoms with Gasteiger partial charge in [-0.25, -0.2) is 0 Å². The molecule has 3 saturated carbocycles. The van der Waals surface area contributed by atoms with Crippen LogP contribution in [0.2, 0.25) is 6.32 Å². The van der Waals surface area contributed by atoms with E-state index >= 15 is 0 Å². The number of amides is 1. The molecule has 30 heavy (non-hydrogen) atoms. The van der Waals surface area contributed by atoms with E-state index in [1.165, 1.54) is 5.56 Å². The van der Waals surface area contributed by atoms with Crippen LogP contribution in [0.5, 0.6) is 0 Å². The van der Waals surface area contributed by atoms with Gasteiger partial charge in [0.25, 0.3) is 5.91 Å². The monoisotopic (exact) mass is 416 g/mol. The van der Waals surface area contributed by atoms with Gasteiger partial charge in [0.05, 0.1) is 5.60 Å². The predicted molar refractivity (Wildman–Crippen MR) is 116 cm³/mol. The Balaban J connectivity index is 1.62. The summed E-state index contributed by atoms with van der Waals surface area (Å²) >= 11 is 0. The molecule has 1 aromatic carbocycles. The van der Waals surface area contributed by atoms with E-state index in [1.54, 1.807) is 0 Å². The molecule has 8 nitrogen and oxygen atoms in total. The standard InChI is InChI=1S/C21H33BN4O4/c1-30-21-11-8-20(9-12-21,10-13-21)16-6-4-15(5-7-16)18(27)25-17(26-19(23)24)3-2-14-22(28)29/h4-7,17,28-29H,2-3,8-14H2,1H3,(H,25,27)(H4,23,24,26). The summed E-state index contributed by atoms with van der Waals surface area (Å²) in [6.45, 7) is 0. The van der Waals surface area contributed by atoms with Crippen LogP contribution in [0, 0.1) is 5.41 Å². The predicted octanol–water partition coefficient (Wildman–Crippen LogP) is 1.47. The molecule has 0 aliphatic heterocycles. The first kappa shape index (κ1) is 22.6. The number of ether oxygens (including phenoxy) is 1. The van der Waals surface area contributed by atoms with Crippen LogP contribution < -0.4 is 16.4 Å². The van der Waals surface area contributed by atoms with Gasteiger partial charge in [0.2, 0.25) is 0 Å². The molecule has 3 aliphatic carbocycles. The molecule has 3 aliphatic rings. The van der Waals surface area contributed by atoms with E-state index < -0.39 is 13.3 Å². The number of methoxy groups -OCH3 is 1. The topological polar surface area (TPSA) is 141 Å². The number of nitrogens with one attached hydrogen (secondary N) is 3. The third-order valence-corrected chi connectivity index (χ3v) is 6.96. The third-order valence-electron chi connectivity index (χ3n) is 6.96. The Kier molecular flexibility index (Phi) is 7.05. The summed E-state index contributed by atoms with van der Waals surface area (Å²) in [6.07, 6.45) is 7.15. The van der Waals surface area contributed by atoms with Crippen LogP contribution in [-0.4, -0.2) is 47.9 Å². The molecule has 0 spiro atoms. The number of hydrogen-bond acceptors (Lipinski definition) is 5. The molecule has 0 heterocycles. The number of fused-ring (bicyclic) bond motifs is 3. The highest BCUT2D eigenvalue weighted by atomic mass is 16.5. The zero-order valence-electron chi connectivity index (χ0n) is 17.6. The molecule has 164 valence electrons. The van der Waals surface area contributed by atoms with Gasteiger partial charge in [0.15, 0.2) is 5.96 Å². The highest BCUT2D eigenvalue weighted by molar-refractivity contribution is 6.40. The second-order valence-electron chi connectivity index (χ2n) is 8.74. The van der Waals surface area contributed by atoms with Gasteiger partial charge in [-0.3, -0.25) is 10.2 Å². The maximum absolute atomic E-state index is 12.7. The van der Waals surface area contributed by atoms with Crippen LogP contribution in [0.15, 0.2) is 24.3 Å². The second kappa shape index (κ2) is 9.37. The number of nitrogens with two attached hydrogens (primary N) is 1. The van der Waals surface area contributed by atoms with Crippen molar-refractivity contribution in [3.63, 3.8) is 0 Å². The smallest absolute Gasteiger partial charge is 0.427 e. The quantitative estimate of drug-likeness (QED) is 0.156. The Morgan fingerprint density at radius 2 is 1.77 bits per heavy atom. The summed E-state index contributed by atoms with van der Waals surface area (Å²) in [5.41, 5.74) is 7.51. The first-order chi connectivity index (χ1) is 14.3. The van der Waals surface area contributed by atoms with Crippen molar-refractivity contribution in [3.05, 3.63) is 35.4 Å². The van der Waals surface area contributed by atoms with E-state index in [-0.39, 0.29) is 29.2 Å². The van der Waals surface area contributed by atoms with Gasteiger partial charge < -0.3 is 31.2 Å². The lowest BCUT2D eigenvalue weighted by molar-refractivity contribution is -0.0955. The zero-order valence-corrected chi connectivity index (χ0v) is 17.6. The molecule has 1 unspecified atom stereocenters. The normalized spacial score (nSPS) is 26.1. The molecular formula is C21H33BN4O4. The van der Waals surface area contributed by atoms with E-state index in [2.05, 4.69) is 22.8 Å². The highest BCUT2D eigenvalue weighted by Crippen LogP contribution is 2.54. The molecule has 0 aromatic heterocycles. The van der Waals surface area contributed by atoms with Crippen molar-refractivity contribution in [1.82, 2.24) is 10.6 Å². The van der Waals surface area contributed by atoms with Crippen LogP contribution in [0.1, 0.15) is 67.3 Å². The van der Waals surface area contributed by atoms with E-state index in [4.69, 9.17) is 25.9 Å². The Bertz CT molecular complexity index is 731. The Morgan fingerprint density at radius 1 is 1.17 bits per heavy atom. The molecular weight excluding hydrogens is 383 g/mol. The number of guanidine groups is 1. The van der Waals surface area contributed by atoms with Gasteiger partial charge in [-0.15, -0.1) is 0 Å². The summed E-state index contributed by atoms with van der Waals surface area (Å²) in [5, 5.41) is 30.9. The average Bonchev–Trinajstić information content (AvgIpc) is 2.74. The lowest BCUT2D eigenvalue weighted by atomic mass is 9.56. The zero-order chi connectivity index (χ0) is 21.8. The Hall–Kier alpha value is -2.10. The summed E-state index contributed by atoms with van der Waals surface area (Å²) in [7, 11) is 0.436. The minimum atomic E-state index is -1.39. The minimum absolute atomic E-state index is 0.0758. The van der Waals surface area contributed by atoms with Gasteiger partial charge in [-0.1, -0.05) is 18.6 Å². The summed E-state index contributed by atoms with van der Waals surface area (Å²) in [6, 6.07) is 7.84. The molecule has 3 fully saturated rings. The number of carbonyl (C=O) groups is 1. The van der Waals surface area contributed by atoms with Gasteiger partial charge in [0.1, 0.15) is 6.17 Å². The summed E-state index contributed by atoms with van der Waals surface area (Å²) in [4.78, 5) is 12.7. The molecule has 1 aromatic rings. The molecule has 1 atom stereocenters. The van der Waals surface area contributed by atoms with Gasteiger partial charge >= 0.3 is 7.12 Å². The summed E-state index contributed by atoms with van der Waals surface area (Å²) < 4.78 is 5.79. The van der Waals surface area contributed by atoms with Crippen molar-refractivity contribution in [2.45, 2.75) is 74.9 Å². The van der Waals surface area contributed by atoms with E-state index in [0.717, 1.165) is 38.5 Å². The molecule has 0 radical (unpaired) electrons. The number of benzene rings is 1. The summed E-state index contributed by atoms with van der Waals surface area (Å²) in [5.74, 6) is -0.505. The first-order valence-electron chi connectivity index (χ1n) is 10.7. The SMILES string of the molecule is COC12CCC(c3ccc(C(=O)NC(CCCB(O)O)NC(=N)N)cc3)(CC1)CC2. The number of rotatable bonds is 9. The fraction of sp³-hybridized carbons (Fsp3) is 0.619. The van der Waals surface area contributed by atoms with Gasteiger partial charge in [0, 0.05) is 12.7 Å². The van der Waals surface area contributed by atoms with Crippen LogP contribution in [0.4, 0.5) is 0 Å². The highest BCUT2D eigenvalue weighted by Gasteiger charge is 2.49. The van der Waals surface area contributed by atoms with Crippen LogP contribution in [0.3, 0.4) is 0 Å². The molecule has 0 saturated heterocycles. The van der Waals surface area contributed by atoms with Crippen molar-refractivity contribution >= 4 is 19.0 Å². The van der Waals surface area contributed by atoms with E-state index in [9.17, 15) is 4.79 Å². The van der Waals surface area contributed by atoms with Crippen LogP contribution in [0.25, 0.3) is 0 Å². The van der Waals surface area contributed by atoms with Crippen LogP contribution in [-0.2, 0) is 10.2 Å². The fourth-order valence-electron chi connectivity index (χ4n) is 4.98. The van der Waals surface area contributed by atoms with Crippen LogP contribution >= 0.6 is 0 Å². The fourth-order valence-corrected chi connectivity index (χ4v) is 4.98. The lowest BCUT2D eigenvalue weighted by Crippen LogP contribution is -2.50. The Labute approximate surface area is 178 Å². The van der Waals surface area contributed by atoms with Gasteiger partial charge in [-0.05, 0) is 74.4 Å². The molecule has 4 rings (SSSR count). The number of carbonyl (C=O) groups excluding carboxylic acids is 1. The number of hydrogen-bond donors (Lipinski definition) is 6. The van der Waals surface area contributed by atoms with E-state index in [1.807, 2.05) is 19.2 Å². The van der Waals surface area contributed by atoms with Crippen molar-refractivity contribution in [1.29, 1.82) is 5.41 Å². The van der Waals surface area contributed by atoms with E-state index in [0.29, 0.717) is 18.4 Å². The van der Waals surface area contributed by atoms with Crippen molar-refractivity contribution < 1.29 is 19.6 Å². The average molecular weight is 416 g/mol. The van der Waals surface area contributed by atoms with Crippen molar-refractivity contribution in [2.24, 2.45) is 5.73 Å². The second-order valence-corrected chi connectivity index (χ2v) is 8.74. The van der Waals surface area contributed by atoms with Crippen molar-refractivity contribution in [2.75, 3.05) is 7.11 Å². The molecule has 9 heteroatoms. The minimum Gasteiger partial charge on any atom is -0.427 e.